The van der Waals surface area contributed by atoms with E-state index >= 15 is 0 Å². The number of alkyl halides is 3. The van der Waals surface area contributed by atoms with Crippen molar-refractivity contribution in [2.75, 3.05) is 32.7 Å². The summed E-state index contributed by atoms with van der Waals surface area (Å²) in [6.07, 6.45) is -4.12. The van der Waals surface area contributed by atoms with Gasteiger partial charge in [0, 0.05) is 32.7 Å². The zero-order valence-corrected chi connectivity index (χ0v) is 11.0. The molecule has 1 aliphatic heterocycles. The Morgan fingerprint density at radius 3 is 2.35 bits per heavy atom. The molecule has 1 aromatic rings. The SMILES string of the molecule is N#Cc1cccc(CN2CCN(CC(F)(F)F)CC2)c1. The molecule has 1 aromatic carbocycles. The lowest BCUT2D eigenvalue weighted by Crippen LogP contribution is -2.48. The van der Waals surface area contributed by atoms with Crippen molar-refractivity contribution in [3.05, 3.63) is 35.4 Å². The van der Waals surface area contributed by atoms with Gasteiger partial charge in [0.15, 0.2) is 0 Å². The fourth-order valence-corrected chi connectivity index (χ4v) is 2.36. The molecule has 20 heavy (non-hydrogen) atoms. The molecule has 0 amide bonds. The van der Waals surface area contributed by atoms with Gasteiger partial charge in [-0.1, -0.05) is 12.1 Å². The molecule has 0 spiro atoms. The Bertz CT molecular complexity index is 485. The molecule has 0 N–H and O–H groups in total. The second kappa shape index (κ2) is 6.25. The maximum atomic E-state index is 12.3. The van der Waals surface area contributed by atoms with Crippen LogP contribution in [-0.2, 0) is 6.54 Å². The summed E-state index contributed by atoms with van der Waals surface area (Å²) >= 11 is 0. The van der Waals surface area contributed by atoms with Gasteiger partial charge in [-0.15, -0.1) is 0 Å². The van der Waals surface area contributed by atoms with Crippen LogP contribution in [0.5, 0.6) is 0 Å². The van der Waals surface area contributed by atoms with Crippen LogP contribution in [0.25, 0.3) is 0 Å². The van der Waals surface area contributed by atoms with Gasteiger partial charge >= 0.3 is 6.18 Å². The molecule has 1 aliphatic rings. The van der Waals surface area contributed by atoms with E-state index in [1.165, 1.54) is 4.90 Å². The van der Waals surface area contributed by atoms with E-state index in [9.17, 15) is 13.2 Å². The van der Waals surface area contributed by atoms with Crippen molar-refractivity contribution in [2.24, 2.45) is 0 Å². The molecular formula is C14H16F3N3. The highest BCUT2D eigenvalue weighted by atomic mass is 19.4. The topological polar surface area (TPSA) is 30.3 Å². The minimum Gasteiger partial charge on any atom is -0.297 e. The summed E-state index contributed by atoms with van der Waals surface area (Å²) in [5, 5.41) is 8.83. The van der Waals surface area contributed by atoms with Crippen LogP contribution >= 0.6 is 0 Å². The molecule has 1 fully saturated rings. The Labute approximate surface area is 116 Å². The first-order valence-electron chi connectivity index (χ1n) is 6.47. The van der Waals surface area contributed by atoms with Crippen LogP contribution in [0.1, 0.15) is 11.1 Å². The number of halogens is 3. The van der Waals surface area contributed by atoms with Crippen molar-refractivity contribution in [2.45, 2.75) is 12.7 Å². The van der Waals surface area contributed by atoms with Crippen LogP contribution < -0.4 is 0 Å². The number of rotatable bonds is 3. The molecule has 0 bridgehead atoms. The van der Waals surface area contributed by atoms with Gasteiger partial charge in [-0.3, -0.25) is 9.80 Å². The average molecular weight is 283 g/mol. The van der Waals surface area contributed by atoms with Gasteiger partial charge in [0.05, 0.1) is 18.2 Å². The summed E-state index contributed by atoms with van der Waals surface area (Å²) in [5.74, 6) is 0. The first-order chi connectivity index (χ1) is 9.46. The van der Waals surface area contributed by atoms with E-state index < -0.39 is 12.7 Å². The van der Waals surface area contributed by atoms with E-state index in [1.54, 1.807) is 6.07 Å². The summed E-state index contributed by atoms with van der Waals surface area (Å²) < 4.78 is 36.8. The van der Waals surface area contributed by atoms with Crippen LogP contribution in [0, 0.1) is 11.3 Å². The lowest BCUT2D eigenvalue weighted by atomic mass is 10.1. The average Bonchev–Trinajstić information content (AvgIpc) is 2.40. The summed E-state index contributed by atoms with van der Waals surface area (Å²) in [4.78, 5) is 3.55. The molecular weight excluding hydrogens is 267 g/mol. The van der Waals surface area contributed by atoms with E-state index in [-0.39, 0.29) is 0 Å². The summed E-state index contributed by atoms with van der Waals surface area (Å²) in [7, 11) is 0. The Balaban J connectivity index is 1.84. The van der Waals surface area contributed by atoms with Crippen molar-refractivity contribution in [3.63, 3.8) is 0 Å². The first-order valence-corrected chi connectivity index (χ1v) is 6.47. The zero-order chi connectivity index (χ0) is 14.6. The van der Waals surface area contributed by atoms with Crippen molar-refractivity contribution in [1.29, 1.82) is 5.26 Å². The molecule has 6 heteroatoms. The van der Waals surface area contributed by atoms with Crippen LogP contribution in [0.3, 0.4) is 0 Å². The van der Waals surface area contributed by atoms with Crippen molar-refractivity contribution in [1.82, 2.24) is 9.80 Å². The van der Waals surface area contributed by atoms with Gasteiger partial charge in [0.2, 0.25) is 0 Å². The molecule has 1 heterocycles. The summed E-state index contributed by atoms with van der Waals surface area (Å²) in [5.41, 5.74) is 1.63. The summed E-state index contributed by atoms with van der Waals surface area (Å²) in [6.45, 7) is 1.94. The quantitative estimate of drug-likeness (QED) is 0.852. The fourth-order valence-electron chi connectivity index (χ4n) is 2.36. The van der Waals surface area contributed by atoms with Crippen molar-refractivity contribution in [3.8, 4) is 6.07 Å². The molecule has 0 atom stereocenters. The van der Waals surface area contributed by atoms with E-state index in [1.807, 2.05) is 18.2 Å². The Hall–Kier alpha value is -1.58. The molecule has 0 saturated carbocycles. The van der Waals surface area contributed by atoms with E-state index in [0.29, 0.717) is 38.3 Å². The molecule has 3 nitrogen and oxygen atoms in total. The van der Waals surface area contributed by atoms with Gasteiger partial charge in [0.1, 0.15) is 0 Å². The minimum absolute atomic E-state index is 0.428. The van der Waals surface area contributed by atoms with Crippen LogP contribution in [-0.4, -0.2) is 48.7 Å². The molecule has 0 radical (unpaired) electrons. The third-order valence-corrected chi connectivity index (χ3v) is 3.33. The van der Waals surface area contributed by atoms with Gasteiger partial charge in [-0.25, -0.2) is 0 Å². The third kappa shape index (κ3) is 4.51. The molecule has 0 unspecified atom stereocenters. The predicted octanol–water partition coefficient (Wildman–Crippen LogP) is 2.24. The Kier molecular flexibility index (Phi) is 4.63. The van der Waals surface area contributed by atoms with Gasteiger partial charge in [-0.2, -0.15) is 18.4 Å². The smallest absolute Gasteiger partial charge is 0.297 e. The largest absolute Gasteiger partial charge is 0.401 e. The maximum absolute atomic E-state index is 12.3. The minimum atomic E-state index is -4.12. The number of hydrogen-bond acceptors (Lipinski definition) is 3. The van der Waals surface area contributed by atoms with Crippen molar-refractivity contribution < 1.29 is 13.2 Å². The van der Waals surface area contributed by atoms with Gasteiger partial charge in [0.25, 0.3) is 0 Å². The standard InChI is InChI=1S/C14H16F3N3/c15-14(16,17)11-20-6-4-19(5-7-20)10-13-3-1-2-12(8-13)9-18/h1-3,8H,4-7,10-11H2. The zero-order valence-electron chi connectivity index (χ0n) is 11.0. The maximum Gasteiger partial charge on any atom is 0.401 e. The van der Waals surface area contributed by atoms with E-state index in [4.69, 9.17) is 5.26 Å². The Morgan fingerprint density at radius 2 is 1.75 bits per heavy atom. The number of nitriles is 1. The lowest BCUT2D eigenvalue weighted by molar-refractivity contribution is -0.149. The second-order valence-electron chi connectivity index (χ2n) is 4.98. The van der Waals surface area contributed by atoms with Crippen LogP contribution in [0.2, 0.25) is 0 Å². The van der Waals surface area contributed by atoms with Crippen LogP contribution in [0.4, 0.5) is 13.2 Å². The number of benzene rings is 1. The monoisotopic (exact) mass is 283 g/mol. The predicted molar refractivity (Wildman–Crippen MR) is 68.9 cm³/mol. The number of nitrogens with zero attached hydrogens (tertiary/aromatic N) is 3. The number of hydrogen-bond donors (Lipinski definition) is 0. The van der Waals surface area contributed by atoms with Gasteiger partial charge in [-0.05, 0) is 17.7 Å². The number of piperazine rings is 1. The highest BCUT2D eigenvalue weighted by Crippen LogP contribution is 2.18. The molecule has 1 saturated heterocycles. The molecule has 0 aliphatic carbocycles. The lowest BCUT2D eigenvalue weighted by Gasteiger charge is -2.35. The Morgan fingerprint density at radius 1 is 1.10 bits per heavy atom. The highest BCUT2D eigenvalue weighted by Gasteiger charge is 2.32. The molecule has 0 aromatic heterocycles. The van der Waals surface area contributed by atoms with Crippen LogP contribution in [0.15, 0.2) is 24.3 Å². The van der Waals surface area contributed by atoms with Gasteiger partial charge < -0.3 is 0 Å². The first kappa shape index (κ1) is 14.8. The van der Waals surface area contributed by atoms with E-state index in [2.05, 4.69) is 11.0 Å². The fraction of sp³-hybridized carbons (Fsp3) is 0.500. The third-order valence-electron chi connectivity index (χ3n) is 3.33. The van der Waals surface area contributed by atoms with E-state index in [0.717, 1.165) is 5.56 Å². The highest BCUT2D eigenvalue weighted by molar-refractivity contribution is 5.32. The molecule has 2 rings (SSSR count). The second-order valence-corrected chi connectivity index (χ2v) is 4.98. The normalized spacial score (nSPS) is 17.9. The molecule has 108 valence electrons. The summed E-state index contributed by atoms with van der Waals surface area (Å²) in [6, 6.07) is 9.41. The van der Waals surface area contributed by atoms with Crippen molar-refractivity contribution >= 4 is 0 Å².